The Bertz CT molecular complexity index is 443. The molecule has 1 saturated heterocycles. The Morgan fingerprint density at radius 1 is 1.42 bits per heavy atom. The van der Waals surface area contributed by atoms with Gasteiger partial charge in [-0.1, -0.05) is 30.1 Å². The molecule has 2 N–H and O–H groups in total. The number of nitrogen functional groups attached to an aromatic ring is 1. The van der Waals surface area contributed by atoms with E-state index in [0.717, 1.165) is 26.2 Å². The van der Waals surface area contributed by atoms with Gasteiger partial charge < -0.3 is 15.2 Å². The summed E-state index contributed by atoms with van der Waals surface area (Å²) in [6.07, 6.45) is 0.0579. The van der Waals surface area contributed by atoms with Gasteiger partial charge in [-0.3, -0.25) is 4.90 Å². The summed E-state index contributed by atoms with van der Waals surface area (Å²) in [5, 5.41) is 0.864. The molecule has 0 bridgehead atoms. The highest BCUT2D eigenvalue weighted by Gasteiger charge is 2.20. The number of rotatable bonds is 4. The fourth-order valence-electron chi connectivity index (χ4n) is 2.02. The smallest absolute Gasteiger partial charge is 0.143 e. The summed E-state index contributed by atoms with van der Waals surface area (Å²) < 4.78 is 11.3. The molecule has 1 aromatic rings. The summed E-state index contributed by atoms with van der Waals surface area (Å²) in [6.45, 7) is 6.20. The predicted octanol–water partition coefficient (Wildman–Crippen LogP) is 2.68. The summed E-state index contributed by atoms with van der Waals surface area (Å²) in [5.41, 5.74) is 6.32. The molecule has 0 aliphatic carbocycles. The molecule has 0 saturated carbocycles. The molecule has 1 heterocycles. The van der Waals surface area contributed by atoms with Crippen molar-refractivity contribution in [2.24, 2.45) is 0 Å². The molecule has 6 heteroatoms. The molecule has 0 spiro atoms. The normalized spacial score (nSPS) is 20.5. The first kappa shape index (κ1) is 14.7. The highest BCUT2D eigenvalue weighted by Crippen LogP contribution is 2.32. The molecule has 1 aromatic carbocycles. The number of ether oxygens (including phenoxy) is 2. The van der Waals surface area contributed by atoms with Crippen LogP contribution in [-0.4, -0.2) is 43.9 Å². The zero-order chi connectivity index (χ0) is 13.8. The molecule has 1 unspecified atom stereocenters. The lowest BCUT2D eigenvalue weighted by Crippen LogP contribution is -2.44. The summed E-state index contributed by atoms with van der Waals surface area (Å²) in [4.78, 5) is 2.33. The lowest BCUT2D eigenvalue weighted by atomic mass is 10.2. The van der Waals surface area contributed by atoms with Crippen LogP contribution in [0.1, 0.15) is 6.92 Å². The minimum atomic E-state index is 0.0579. The molecule has 1 aliphatic rings. The average Bonchev–Trinajstić information content (AvgIpc) is 2.41. The monoisotopic (exact) mass is 304 g/mol. The predicted molar refractivity (Wildman–Crippen MR) is 78.2 cm³/mol. The Morgan fingerprint density at radius 2 is 2.16 bits per heavy atom. The van der Waals surface area contributed by atoms with Gasteiger partial charge in [0.15, 0.2) is 0 Å². The van der Waals surface area contributed by atoms with Gasteiger partial charge in [0.2, 0.25) is 0 Å². The molecule has 19 heavy (non-hydrogen) atoms. The van der Waals surface area contributed by atoms with E-state index in [0.29, 0.717) is 28.1 Å². The third kappa shape index (κ3) is 3.89. The summed E-state index contributed by atoms with van der Waals surface area (Å²) >= 11 is 11.8. The SMILES string of the molecule is CCN1CCOC(COc2cc(Cl)c(Cl)cc2N)C1. The van der Waals surface area contributed by atoms with Gasteiger partial charge in [0.05, 0.1) is 22.3 Å². The van der Waals surface area contributed by atoms with Gasteiger partial charge in [0, 0.05) is 19.2 Å². The molecule has 106 valence electrons. The standard InChI is InChI=1S/C13H18Cl2N2O2/c1-2-17-3-4-18-9(7-17)8-19-13-6-11(15)10(14)5-12(13)16/h5-6,9H,2-4,7-8,16H2,1H3. The first-order valence-corrected chi connectivity index (χ1v) is 7.07. The fraction of sp³-hybridized carbons (Fsp3) is 0.538. The van der Waals surface area contributed by atoms with Crippen LogP contribution in [0.15, 0.2) is 12.1 Å². The van der Waals surface area contributed by atoms with Crippen LogP contribution in [0.4, 0.5) is 5.69 Å². The third-order valence-corrected chi connectivity index (χ3v) is 3.87. The quantitative estimate of drug-likeness (QED) is 0.869. The topological polar surface area (TPSA) is 47.7 Å². The van der Waals surface area contributed by atoms with Gasteiger partial charge in [0.1, 0.15) is 18.5 Å². The molecular formula is C13H18Cl2N2O2. The number of nitrogens with two attached hydrogens (primary N) is 1. The zero-order valence-electron chi connectivity index (χ0n) is 10.9. The molecule has 0 radical (unpaired) electrons. The lowest BCUT2D eigenvalue weighted by Gasteiger charge is -2.31. The van der Waals surface area contributed by atoms with Crippen molar-refractivity contribution in [2.75, 3.05) is 38.6 Å². The number of hydrogen-bond acceptors (Lipinski definition) is 4. The van der Waals surface area contributed by atoms with E-state index in [1.54, 1.807) is 12.1 Å². The van der Waals surface area contributed by atoms with Crippen molar-refractivity contribution < 1.29 is 9.47 Å². The van der Waals surface area contributed by atoms with Crippen LogP contribution in [0.5, 0.6) is 5.75 Å². The number of halogens is 2. The van der Waals surface area contributed by atoms with Crippen molar-refractivity contribution in [1.82, 2.24) is 4.90 Å². The molecule has 1 aliphatic heterocycles. The van der Waals surface area contributed by atoms with E-state index in [1.807, 2.05) is 0 Å². The number of hydrogen-bond donors (Lipinski definition) is 1. The Hall–Kier alpha value is -0.680. The van der Waals surface area contributed by atoms with Crippen LogP contribution in [-0.2, 0) is 4.74 Å². The number of anilines is 1. The van der Waals surface area contributed by atoms with Crippen LogP contribution in [0.25, 0.3) is 0 Å². The summed E-state index contributed by atoms with van der Waals surface area (Å²) in [7, 11) is 0. The first-order valence-electron chi connectivity index (χ1n) is 6.31. The van der Waals surface area contributed by atoms with Crippen LogP contribution in [0.3, 0.4) is 0 Å². The number of nitrogens with zero attached hydrogens (tertiary/aromatic N) is 1. The molecular weight excluding hydrogens is 287 g/mol. The second kappa shape index (κ2) is 6.66. The van der Waals surface area contributed by atoms with E-state index in [9.17, 15) is 0 Å². The Kier molecular flexibility index (Phi) is 5.16. The van der Waals surface area contributed by atoms with Gasteiger partial charge in [0.25, 0.3) is 0 Å². The highest BCUT2D eigenvalue weighted by molar-refractivity contribution is 6.42. The van der Waals surface area contributed by atoms with E-state index >= 15 is 0 Å². The molecule has 2 rings (SSSR count). The molecule has 4 nitrogen and oxygen atoms in total. The van der Waals surface area contributed by atoms with Crippen molar-refractivity contribution in [3.8, 4) is 5.75 Å². The summed E-state index contributed by atoms with van der Waals surface area (Å²) in [5.74, 6) is 0.548. The van der Waals surface area contributed by atoms with Crippen LogP contribution < -0.4 is 10.5 Å². The largest absolute Gasteiger partial charge is 0.489 e. The van der Waals surface area contributed by atoms with E-state index < -0.39 is 0 Å². The van der Waals surface area contributed by atoms with Gasteiger partial charge in [-0.25, -0.2) is 0 Å². The Labute approximate surface area is 123 Å². The third-order valence-electron chi connectivity index (χ3n) is 3.15. The molecule has 0 aromatic heterocycles. The minimum Gasteiger partial charge on any atom is -0.489 e. The maximum Gasteiger partial charge on any atom is 0.143 e. The fourth-order valence-corrected chi connectivity index (χ4v) is 2.35. The average molecular weight is 305 g/mol. The van der Waals surface area contributed by atoms with Crippen molar-refractivity contribution in [1.29, 1.82) is 0 Å². The minimum absolute atomic E-state index is 0.0579. The number of benzene rings is 1. The van der Waals surface area contributed by atoms with Crippen molar-refractivity contribution in [3.05, 3.63) is 22.2 Å². The summed E-state index contributed by atoms with van der Waals surface area (Å²) in [6, 6.07) is 3.24. The van der Waals surface area contributed by atoms with Gasteiger partial charge in [-0.2, -0.15) is 0 Å². The van der Waals surface area contributed by atoms with Crippen LogP contribution in [0.2, 0.25) is 10.0 Å². The second-order valence-electron chi connectivity index (χ2n) is 4.50. The maximum absolute atomic E-state index is 5.95. The number of morpholine rings is 1. The number of likely N-dealkylation sites (N-methyl/N-ethyl adjacent to an activating group) is 1. The van der Waals surface area contributed by atoms with Gasteiger partial charge >= 0.3 is 0 Å². The molecule has 0 amide bonds. The van der Waals surface area contributed by atoms with Crippen molar-refractivity contribution >= 4 is 28.9 Å². The Morgan fingerprint density at radius 3 is 2.89 bits per heavy atom. The maximum atomic E-state index is 5.95. The highest BCUT2D eigenvalue weighted by atomic mass is 35.5. The molecule has 1 atom stereocenters. The van der Waals surface area contributed by atoms with Gasteiger partial charge in [-0.15, -0.1) is 0 Å². The lowest BCUT2D eigenvalue weighted by molar-refractivity contribution is -0.0462. The van der Waals surface area contributed by atoms with Crippen LogP contribution in [0, 0.1) is 0 Å². The van der Waals surface area contributed by atoms with E-state index in [-0.39, 0.29) is 6.10 Å². The van der Waals surface area contributed by atoms with E-state index in [2.05, 4.69) is 11.8 Å². The van der Waals surface area contributed by atoms with Crippen LogP contribution >= 0.6 is 23.2 Å². The Balaban J connectivity index is 1.93. The van der Waals surface area contributed by atoms with Crippen molar-refractivity contribution in [3.63, 3.8) is 0 Å². The molecule has 1 fully saturated rings. The second-order valence-corrected chi connectivity index (χ2v) is 5.32. The van der Waals surface area contributed by atoms with E-state index in [4.69, 9.17) is 38.4 Å². The van der Waals surface area contributed by atoms with Crippen molar-refractivity contribution in [2.45, 2.75) is 13.0 Å². The van der Waals surface area contributed by atoms with Gasteiger partial charge in [-0.05, 0) is 12.6 Å². The first-order chi connectivity index (χ1) is 9.10. The van der Waals surface area contributed by atoms with E-state index in [1.165, 1.54) is 0 Å². The zero-order valence-corrected chi connectivity index (χ0v) is 12.4.